The first kappa shape index (κ1) is 21.8. The average molecular weight is 400 g/mol. The number of rotatable bonds is 12. The van der Waals surface area contributed by atoms with Crippen molar-refractivity contribution in [1.29, 1.82) is 0 Å². The Hall–Kier alpha value is -3.48. The van der Waals surface area contributed by atoms with Crippen LogP contribution >= 0.6 is 0 Å². The Labute approximate surface area is 169 Å². The zero-order valence-corrected chi connectivity index (χ0v) is 16.5. The molecule has 0 unspecified atom stereocenters. The molecular formula is C22H24O7. The Morgan fingerprint density at radius 3 is 2.24 bits per heavy atom. The lowest BCUT2D eigenvalue weighted by atomic mass is 10.1. The van der Waals surface area contributed by atoms with Crippen molar-refractivity contribution >= 4 is 12.4 Å². The van der Waals surface area contributed by atoms with Crippen molar-refractivity contribution in [1.82, 2.24) is 0 Å². The molecule has 29 heavy (non-hydrogen) atoms. The Kier molecular flexibility index (Phi) is 8.56. The summed E-state index contributed by atoms with van der Waals surface area (Å²) in [5.41, 5.74) is 2.21. The molecule has 0 saturated heterocycles. The molecule has 154 valence electrons. The lowest BCUT2D eigenvalue weighted by Gasteiger charge is -2.14. The second-order valence-electron chi connectivity index (χ2n) is 5.97. The van der Waals surface area contributed by atoms with Gasteiger partial charge in [-0.2, -0.15) is 0 Å². The molecule has 0 amide bonds. The monoisotopic (exact) mass is 400 g/mol. The highest BCUT2D eigenvalue weighted by molar-refractivity contribution is 5.86. The molecule has 0 heterocycles. The molecule has 0 bridgehead atoms. The predicted molar refractivity (Wildman–Crippen MR) is 107 cm³/mol. The predicted octanol–water partition coefficient (Wildman–Crippen LogP) is 3.41. The van der Waals surface area contributed by atoms with Gasteiger partial charge in [0.15, 0.2) is 11.5 Å². The fourth-order valence-corrected chi connectivity index (χ4v) is 2.36. The molecule has 0 aliphatic heterocycles. The van der Waals surface area contributed by atoms with Gasteiger partial charge in [0.25, 0.3) is 6.47 Å². The van der Waals surface area contributed by atoms with E-state index in [9.17, 15) is 9.59 Å². The van der Waals surface area contributed by atoms with Crippen LogP contribution in [0.3, 0.4) is 0 Å². The highest BCUT2D eigenvalue weighted by Gasteiger charge is 2.10. The van der Waals surface area contributed by atoms with Gasteiger partial charge in [0.05, 0.1) is 7.11 Å². The highest BCUT2D eigenvalue weighted by Crippen LogP contribution is 2.33. The quantitative estimate of drug-likeness (QED) is 0.234. The third kappa shape index (κ3) is 6.88. The third-order valence-corrected chi connectivity index (χ3v) is 3.82. The van der Waals surface area contributed by atoms with Crippen LogP contribution in [-0.4, -0.2) is 46.0 Å². The van der Waals surface area contributed by atoms with Gasteiger partial charge in [-0.15, -0.1) is 0 Å². The first-order valence-electron chi connectivity index (χ1n) is 8.97. The van der Waals surface area contributed by atoms with Crippen LogP contribution in [0.2, 0.25) is 0 Å². The zero-order chi connectivity index (χ0) is 21.1. The van der Waals surface area contributed by atoms with Crippen LogP contribution in [-0.2, 0) is 19.1 Å². The van der Waals surface area contributed by atoms with Crippen molar-refractivity contribution in [3.05, 3.63) is 54.6 Å². The number of methoxy groups -OCH3 is 1. The molecule has 7 nitrogen and oxygen atoms in total. The number of benzene rings is 2. The summed E-state index contributed by atoms with van der Waals surface area (Å²) >= 11 is 0. The van der Waals surface area contributed by atoms with Crippen molar-refractivity contribution in [3.8, 4) is 28.4 Å². The van der Waals surface area contributed by atoms with Crippen LogP contribution < -0.4 is 14.2 Å². The van der Waals surface area contributed by atoms with Crippen LogP contribution in [0.4, 0.5) is 0 Å². The molecule has 2 aromatic carbocycles. The molecule has 0 saturated carbocycles. The van der Waals surface area contributed by atoms with Gasteiger partial charge in [-0.25, -0.2) is 4.79 Å². The van der Waals surface area contributed by atoms with E-state index in [1.54, 1.807) is 20.1 Å². The largest absolute Gasteiger partial charge is 0.497 e. The number of carbonyl (C=O) groups is 2. The van der Waals surface area contributed by atoms with Crippen LogP contribution in [0.1, 0.15) is 6.92 Å². The van der Waals surface area contributed by atoms with Gasteiger partial charge < -0.3 is 23.7 Å². The summed E-state index contributed by atoms with van der Waals surface area (Å²) in [7, 11) is 1.61. The van der Waals surface area contributed by atoms with E-state index < -0.39 is 5.97 Å². The Balaban J connectivity index is 2.11. The summed E-state index contributed by atoms with van der Waals surface area (Å²) in [4.78, 5) is 21.7. The van der Waals surface area contributed by atoms with E-state index in [1.807, 2.05) is 36.4 Å². The molecule has 0 radical (unpaired) electrons. The van der Waals surface area contributed by atoms with Gasteiger partial charge in [-0.3, -0.25) is 4.79 Å². The van der Waals surface area contributed by atoms with Gasteiger partial charge in [-0.05, 0) is 42.3 Å². The Bertz CT molecular complexity index is 828. The van der Waals surface area contributed by atoms with Crippen LogP contribution in [0.25, 0.3) is 11.1 Å². The summed E-state index contributed by atoms with van der Waals surface area (Å²) in [6, 6.07) is 13.1. The molecule has 2 rings (SSSR count). The Morgan fingerprint density at radius 1 is 0.931 bits per heavy atom. The van der Waals surface area contributed by atoms with Crippen molar-refractivity contribution in [2.45, 2.75) is 6.92 Å². The number of esters is 1. The van der Waals surface area contributed by atoms with Crippen LogP contribution in [0.15, 0.2) is 54.6 Å². The fourth-order valence-electron chi connectivity index (χ4n) is 2.36. The van der Waals surface area contributed by atoms with E-state index in [2.05, 4.69) is 11.3 Å². The van der Waals surface area contributed by atoms with E-state index in [0.717, 1.165) is 16.9 Å². The van der Waals surface area contributed by atoms with E-state index in [-0.39, 0.29) is 26.4 Å². The van der Waals surface area contributed by atoms with Gasteiger partial charge in [0.2, 0.25) is 0 Å². The molecule has 0 atom stereocenters. The topological polar surface area (TPSA) is 80.3 Å². The smallest absolute Gasteiger partial charge is 0.333 e. The van der Waals surface area contributed by atoms with E-state index in [1.165, 1.54) is 0 Å². The summed E-state index contributed by atoms with van der Waals surface area (Å²) in [5, 5.41) is 0. The number of hydrogen-bond donors (Lipinski definition) is 0. The molecule has 2 aromatic rings. The van der Waals surface area contributed by atoms with E-state index >= 15 is 0 Å². The van der Waals surface area contributed by atoms with Gasteiger partial charge >= 0.3 is 5.97 Å². The fraction of sp³-hybridized carbons (Fsp3) is 0.273. The molecular weight excluding hydrogens is 376 g/mol. The first-order valence-corrected chi connectivity index (χ1v) is 8.97. The van der Waals surface area contributed by atoms with Crippen molar-refractivity contribution in [2.75, 3.05) is 33.5 Å². The second kappa shape index (κ2) is 11.4. The third-order valence-electron chi connectivity index (χ3n) is 3.82. The SMILES string of the molecule is C=C(C)C(=O)OCCOc1cc(-c2ccc(OC)cc2)ccc1OCCOC=O. The van der Waals surface area contributed by atoms with Gasteiger partial charge in [0.1, 0.15) is 32.2 Å². The zero-order valence-electron chi connectivity index (χ0n) is 16.5. The van der Waals surface area contributed by atoms with E-state index in [4.69, 9.17) is 18.9 Å². The molecule has 0 fully saturated rings. The molecule has 0 N–H and O–H groups in total. The molecule has 0 spiro atoms. The second-order valence-corrected chi connectivity index (χ2v) is 5.97. The highest BCUT2D eigenvalue weighted by atomic mass is 16.6. The van der Waals surface area contributed by atoms with Gasteiger partial charge in [-0.1, -0.05) is 24.8 Å². The van der Waals surface area contributed by atoms with Crippen molar-refractivity contribution < 1.29 is 33.3 Å². The minimum Gasteiger partial charge on any atom is -0.497 e. The van der Waals surface area contributed by atoms with Gasteiger partial charge in [0, 0.05) is 5.57 Å². The lowest BCUT2D eigenvalue weighted by Crippen LogP contribution is -2.13. The first-order chi connectivity index (χ1) is 14.0. The summed E-state index contributed by atoms with van der Waals surface area (Å²) in [6.45, 7) is 6.00. The van der Waals surface area contributed by atoms with Crippen molar-refractivity contribution in [3.63, 3.8) is 0 Å². The van der Waals surface area contributed by atoms with E-state index in [0.29, 0.717) is 23.5 Å². The summed E-state index contributed by atoms with van der Waals surface area (Å²) < 4.78 is 26.3. The standard InChI is InChI=1S/C22H24O7/c1-16(2)22(24)29-13-12-28-21-14-18(17-4-7-19(25-3)8-5-17)6-9-20(21)27-11-10-26-15-23/h4-9,14-15H,1,10-13H2,2-3H3. The maximum absolute atomic E-state index is 11.5. The summed E-state index contributed by atoms with van der Waals surface area (Å²) in [6.07, 6.45) is 0. The normalized spacial score (nSPS) is 10.0. The Morgan fingerprint density at radius 2 is 1.59 bits per heavy atom. The van der Waals surface area contributed by atoms with Crippen molar-refractivity contribution in [2.24, 2.45) is 0 Å². The number of ether oxygens (including phenoxy) is 5. The molecule has 0 aromatic heterocycles. The maximum Gasteiger partial charge on any atom is 0.333 e. The lowest BCUT2D eigenvalue weighted by molar-refractivity contribution is -0.139. The molecule has 0 aliphatic rings. The number of hydrogen-bond acceptors (Lipinski definition) is 7. The molecule has 0 aliphatic carbocycles. The van der Waals surface area contributed by atoms with Crippen LogP contribution in [0.5, 0.6) is 17.2 Å². The average Bonchev–Trinajstić information content (AvgIpc) is 2.74. The summed E-state index contributed by atoms with van der Waals surface area (Å²) in [5.74, 6) is 1.27. The molecule has 7 heteroatoms. The number of carbonyl (C=O) groups excluding carboxylic acids is 2. The minimum absolute atomic E-state index is 0.0755. The van der Waals surface area contributed by atoms with Crippen LogP contribution in [0, 0.1) is 0 Å². The minimum atomic E-state index is -0.469. The maximum atomic E-state index is 11.5.